The quantitative estimate of drug-likeness (QED) is 0.473. The van der Waals surface area contributed by atoms with E-state index in [2.05, 4.69) is 0 Å². The highest BCUT2D eigenvalue weighted by Gasteiger charge is 2.33. The van der Waals surface area contributed by atoms with E-state index in [9.17, 15) is 20.0 Å². The summed E-state index contributed by atoms with van der Waals surface area (Å²) in [5.41, 5.74) is 6.30. The van der Waals surface area contributed by atoms with Gasteiger partial charge in [0, 0.05) is 17.8 Å². The molecule has 0 spiro atoms. The summed E-state index contributed by atoms with van der Waals surface area (Å²) >= 11 is 0. The Morgan fingerprint density at radius 2 is 2.05 bits per heavy atom. The smallest absolute Gasteiger partial charge is 0.311 e. The molecular formula is C14H20N2O4. The zero-order chi connectivity index (χ0) is 15.4. The lowest BCUT2D eigenvalue weighted by Crippen LogP contribution is -2.26. The van der Waals surface area contributed by atoms with Gasteiger partial charge in [0.2, 0.25) is 0 Å². The second-order valence-corrected chi connectivity index (χ2v) is 5.20. The zero-order valence-electron chi connectivity index (χ0n) is 11.9. The van der Waals surface area contributed by atoms with Crippen LogP contribution in [0.15, 0.2) is 18.2 Å². The maximum Gasteiger partial charge on any atom is 0.311 e. The molecule has 20 heavy (non-hydrogen) atoms. The molecule has 0 saturated heterocycles. The summed E-state index contributed by atoms with van der Waals surface area (Å²) in [4.78, 5) is 21.9. The molecule has 110 valence electrons. The predicted molar refractivity (Wildman–Crippen MR) is 76.5 cm³/mol. The summed E-state index contributed by atoms with van der Waals surface area (Å²) in [5, 5.41) is 20.4. The van der Waals surface area contributed by atoms with Crippen LogP contribution in [0.5, 0.6) is 0 Å². The fraction of sp³-hybridized carbons (Fsp3) is 0.500. The highest BCUT2D eigenvalue weighted by Crippen LogP contribution is 2.37. The second kappa shape index (κ2) is 6.36. The van der Waals surface area contributed by atoms with Crippen molar-refractivity contribution in [2.24, 2.45) is 11.8 Å². The Balaban J connectivity index is 3.38. The van der Waals surface area contributed by atoms with Gasteiger partial charge >= 0.3 is 5.97 Å². The number of nitrogens with two attached hydrogens (primary N) is 1. The summed E-state index contributed by atoms with van der Waals surface area (Å²) in [7, 11) is 0. The Labute approximate surface area is 117 Å². The van der Waals surface area contributed by atoms with Gasteiger partial charge in [0.1, 0.15) is 0 Å². The van der Waals surface area contributed by atoms with Gasteiger partial charge in [-0.1, -0.05) is 27.2 Å². The molecule has 0 aliphatic rings. The lowest BCUT2D eigenvalue weighted by atomic mass is 9.77. The van der Waals surface area contributed by atoms with E-state index >= 15 is 0 Å². The van der Waals surface area contributed by atoms with Crippen LogP contribution in [0.2, 0.25) is 0 Å². The van der Waals surface area contributed by atoms with Gasteiger partial charge in [0.15, 0.2) is 0 Å². The molecule has 6 heteroatoms. The maximum absolute atomic E-state index is 11.6. The summed E-state index contributed by atoms with van der Waals surface area (Å²) in [6.45, 7) is 5.80. The van der Waals surface area contributed by atoms with Gasteiger partial charge in [-0.05, 0) is 23.5 Å². The molecule has 0 aromatic heterocycles. The Bertz CT molecular complexity index is 514. The largest absolute Gasteiger partial charge is 0.481 e. The van der Waals surface area contributed by atoms with Crippen molar-refractivity contribution >= 4 is 17.3 Å². The molecular weight excluding hydrogens is 260 g/mol. The molecule has 0 aliphatic heterocycles. The number of nitro groups is 1. The standard InChI is InChI=1S/C14H20N2O4/c1-4-10(8(2)3)13(14(17)18)11-7-9(16(19)20)5-6-12(11)15/h5-8,10,13H,4,15H2,1-3H3,(H,17,18). The minimum atomic E-state index is -1.00. The van der Waals surface area contributed by atoms with Gasteiger partial charge in [-0.2, -0.15) is 0 Å². The number of nitrogens with zero attached hydrogens (tertiary/aromatic N) is 1. The topological polar surface area (TPSA) is 106 Å². The summed E-state index contributed by atoms with van der Waals surface area (Å²) in [6.07, 6.45) is 0.663. The number of carbonyl (C=O) groups is 1. The number of rotatable bonds is 6. The number of nitrogen functional groups attached to an aromatic ring is 1. The first-order valence-electron chi connectivity index (χ1n) is 6.56. The Kier molecular flexibility index (Phi) is 5.07. The third-order valence-corrected chi connectivity index (χ3v) is 3.64. The number of carboxylic acids is 1. The summed E-state index contributed by atoms with van der Waals surface area (Å²) < 4.78 is 0. The van der Waals surface area contributed by atoms with Crippen molar-refractivity contribution in [2.75, 3.05) is 5.73 Å². The monoisotopic (exact) mass is 280 g/mol. The molecule has 6 nitrogen and oxygen atoms in total. The van der Waals surface area contributed by atoms with E-state index in [-0.39, 0.29) is 23.2 Å². The van der Waals surface area contributed by atoms with Crippen LogP contribution in [0.3, 0.4) is 0 Å². The highest BCUT2D eigenvalue weighted by atomic mass is 16.6. The number of hydrogen-bond acceptors (Lipinski definition) is 4. The van der Waals surface area contributed by atoms with Gasteiger partial charge in [-0.3, -0.25) is 14.9 Å². The van der Waals surface area contributed by atoms with Crippen LogP contribution in [0.1, 0.15) is 38.7 Å². The van der Waals surface area contributed by atoms with E-state index in [1.807, 2.05) is 20.8 Å². The molecule has 0 bridgehead atoms. The lowest BCUT2D eigenvalue weighted by Gasteiger charge is -2.27. The SMILES string of the molecule is CCC(C(C)C)C(C(=O)O)c1cc([N+](=O)[O-])ccc1N. The van der Waals surface area contributed by atoms with Crippen LogP contribution in [0.4, 0.5) is 11.4 Å². The van der Waals surface area contributed by atoms with Crippen LogP contribution >= 0.6 is 0 Å². The van der Waals surface area contributed by atoms with Crippen LogP contribution in [0.25, 0.3) is 0 Å². The van der Waals surface area contributed by atoms with E-state index in [4.69, 9.17) is 5.73 Å². The van der Waals surface area contributed by atoms with E-state index in [0.29, 0.717) is 12.0 Å². The molecule has 2 atom stereocenters. The number of anilines is 1. The van der Waals surface area contributed by atoms with Gasteiger partial charge in [-0.15, -0.1) is 0 Å². The predicted octanol–water partition coefficient (Wildman–Crippen LogP) is 3.03. The van der Waals surface area contributed by atoms with Gasteiger partial charge in [-0.25, -0.2) is 0 Å². The minimum Gasteiger partial charge on any atom is -0.481 e. The normalized spacial score (nSPS) is 14.0. The Hall–Kier alpha value is -2.11. The minimum absolute atomic E-state index is 0.128. The van der Waals surface area contributed by atoms with Gasteiger partial charge in [0.05, 0.1) is 10.8 Å². The fourth-order valence-electron chi connectivity index (χ4n) is 2.58. The second-order valence-electron chi connectivity index (χ2n) is 5.20. The first kappa shape index (κ1) is 15.9. The van der Waals surface area contributed by atoms with Crippen molar-refractivity contribution in [3.63, 3.8) is 0 Å². The molecule has 1 aromatic carbocycles. The Morgan fingerprint density at radius 1 is 1.45 bits per heavy atom. The average Bonchev–Trinajstić information content (AvgIpc) is 2.35. The molecule has 3 N–H and O–H groups in total. The van der Waals surface area contributed by atoms with E-state index < -0.39 is 16.8 Å². The van der Waals surface area contributed by atoms with Crippen molar-refractivity contribution in [3.05, 3.63) is 33.9 Å². The van der Waals surface area contributed by atoms with Crippen molar-refractivity contribution in [1.29, 1.82) is 0 Å². The lowest BCUT2D eigenvalue weighted by molar-refractivity contribution is -0.384. The van der Waals surface area contributed by atoms with E-state index in [0.717, 1.165) is 0 Å². The number of carboxylic acid groups (broad SMARTS) is 1. The number of non-ortho nitro benzene ring substituents is 1. The summed E-state index contributed by atoms with van der Waals surface area (Å²) in [6, 6.07) is 3.96. The van der Waals surface area contributed by atoms with Crippen molar-refractivity contribution in [2.45, 2.75) is 33.1 Å². The highest BCUT2D eigenvalue weighted by molar-refractivity contribution is 5.79. The molecule has 1 rings (SSSR count). The number of hydrogen-bond donors (Lipinski definition) is 2. The van der Waals surface area contributed by atoms with E-state index in [1.165, 1.54) is 18.2 Å². The van der Waals surface area contributed by atoms with Crippen LogP contribution in [-0.2, 0) is 4.79 Å². The molecule has 0 heterocycles. The third-order valence-electron chi connectivity index (χ3n) is 3.64. The molecule has 0 radical (unpaired) electrons. The Morgan fingerprint density at radius 3 is 2.45 bits per heavy atom. The number of aliphatic carboxylic acids is 1. The molecule has 0 amide bonds. The first-order chi connectivity index (χ1) is 9.29. The van der Waals surface area contributed by atoms with Crippen molar-refractivity contribution < 1.29 is 14.8 Å². The van der Waals surface area contributed by atoms with Crippen LogP contribution < -0.4 is 5.73 Å². The molecule has 0 fully saturated rings. The van der Waals surface area contributed by atoms with Crippen LogP contribution in [-0.4, -0.2) is 16.0 Å². The number of nitro benzene ring substituents is 1. The van der Waals surface area contributed by atoms with Crippen LogP contribution in [0, 0.1) is 22.0 Å². The fourth-order valence-corrected chi connectivity index (χ4v) is 2.58. The number of benzene rings is 1. The first-order valence-corrected chi connectivity index (χ1v) is 6.56. The summed E-state index contributed by atoms with van der Waals surface area (Å²) in [5.74, 6) is -1.82. The molecule has 0 saturated carbocycles. The third kappa shape index (κ3) is 3.26. The van der Waals surface area contributed by atoms with Gasteiger partial charge in [0.25, 0.3) is 5.69 Å². The average molecular weight is 280 g/mol. The zero-order valence-corrected chi connectivity index (χ0v) is 11.9. The molecule has 2 unspecified atom stereocenters. The van der Waals surface area contributed by atoms with E-state index in [1.54, 1.807) is 0 Å². The van der Waals surface area contributed by atoms with Crippen molar-refractivity contribution in [3.8, 4) is 0 Å². The van der Waals surface area contributed by atoms with Crippen molar-refractivity contribution in [1.82, 2.24) is 0 Å². The molecule has 0 aliphatic carbocycles. The molecule has 1 aromatic rings. The maximum atomic E-state index is 11.6. The van der Waals surface area contributed by atoms with Gasteiger partial charge < -0.3 is 10.8 Å².